The lowest BCUT2D eigenvalue weighted by Gasteiger charge is -2.26. The Hall–Kier alpha value is 0.210. The van der Waals surface area contributed by atoms with Crippen LogP contribution in [0, 0.1) is 0 Å². The van der Waals surface area contributed by atoms with Crippen LogP contribution in [0.3, 0.4) is 0 Å². The third kappa shape index (κ3) is 1.62. The molecule has 2 nitrogen and oxygen atoms in total. The smallest absolute Gasteiger partial charge is 0.245 e. The van der Waals surface area contributed by atoms with Gasteiger partial charge in [-0.05, 0) is 24.4 Å². The third-order valence-electron chi connectivity index (χ3n) is 1.54. The molecule has 10 heavy (non-hydrogen) atoms. The quantitative estimate of drug-likeness (QED) is 0.455. The Morgan fingerprint density at radius 3 is 2.60 bits per heavy atom. The summed E-state index contributed by atoms with van der Waals surface area (Å²) in [4.78, 5) is 9.73. The molecule has 1 unspecified atom stereocenters. The molecule has 0 saturated carbocycles. The molecular formula is C6H8Cl2O2. The molecule has 0 aromatic rings. The molecule has 1 atom stereocenters. The van der Waals surface area contributed by atoms with E-state index < -0.39 is 10.1 Å². The van der Waals surface area contributed by atoms with E-state index in [4.69, 9.17) is 27.9 Å². The van der Waals surface area contributed by atoms with Crippen molar-refractivity contribution in [2.45, 2.75) is 17.7 Å². The summed E-state index contributed by atoms with van der Waals surface area (Å²) >= 11 is 11.1. The van der Waals surface area contributed by atoms with Crippen LogP contribution in [0.15, 0.2) is 0 Å². The van der Waals surface area contributed by atoms with Gasteiger partial charge in [-0.15, -0.1) is 11.6 Å². The SMILES string of the molecule is O=C(Cl)C1(Cl)CCCOC1. The Morgan fingerprint density at radius 1 is 1.60 bits per heavy atom. The van der Waals surface area contributed by atoms with Crippen molar-refractivity contribution in [3.05, 3.63) is 0 Å². The van der Waals surface area contributed by atoms with Crippen LogP contribution in [0.2, 0.25) is 0 Å². The molecule has 1 saturated heterocycles. The van der Waals surface area contributed by atoms with Gasteiger partial charge < -0.3 is 4.74 Å². The largest absolute Gasteiger partial charge is 0.379 e. The Kier molecular flexibility index (Phi) is 2.55. The Balaban J connectivity index is 2.56. The summed E-state index contributed by atoms with van der Waals surface area (Å²) < 4.78 is 5.01. The topological polar surface area (TPSA) is 26.3 Å². The fraction of sp³-hybridized carbons (Fsp3) is 0.833. The van der Waals surface area contributed by atoms with E-state index >= 15 is 0 Å². The predicted octanol–water partition coefficient (Wildman–Crippen LogP) is 1.54. The van der Waals surface area contributed by atoms with Gasteiger partial charge in [-0.3, -0.25) is 4.79 Å². The molecule has 0 spiro atoms. The highest BCUT2D eigenvalue weighted by Gasteiger charge is 2.36. The van der Waals surface area contributed by atoms with Gasteiger partial charge in [-0.1, -0.05) is 0 Å². The van der Waals surface area contributed by atoms with Crippen LogP contribution in [0.5, 0.6) is 0 Å². The van der Waals surface area contributed by atoms with Crippen molar-refractivity contribution in [3.63, 3.8) is 0 Å². The highest BCUT2D eigenvalue weighted by atomic mass is 35.5. The van der Waals surface area contributed by atoms with Crippen LogP contribution in [-0.4, -0.2) is 23.3 Å². The summed E-state index contributed by atoms with van der Waals surface area (Å²) in [6.07, 6.45) is 1.43. The third-order valence-corrected chi connectivity index (χ3v) is 2.47. The average molecular weight is 183 g/mol. The standard InChI is InChI=1S/C6H8Cl2O2/c7-5(9)6(8)2-1-3-10-4-6/h1-4H2. The predicted molar refractivity (Wildman–Crippen MR) is 39.5 cm³/mol. The minimum Gasteiger partial charge on any atom is -0.379 e. The summed E-state index contributed by atoms with van der Waals surface area (Å²) in [7, 11) is 0. The Bertz CT molecular complexity index is 141. The molecule has 1 heterocycles. The van der Waals surface area contributed by atoms with Gasteiger partial charge in [0.05, 0.1) is 6.61 Å². The minimum absolute atomic E-state index is 0.247. The van der Waals surface area contributed by atoms with E-state index in [0.29, 0.717) is 13.0 Å². The van der Waals surface area contributed by atoms with Gasteiger partial charge in [0, 0.05) is 6.61 Å². The van der Waals surface area contributed by atoms with Gasteiger partial charge in [0.15, 0.2) is 0 Å². The van der Waals surface area contributed by atoms with Crippen LogP contribution in [0.25, 0.3) is 0 Å². The van der Waals surface area contributed by atoms with Crippen LogP contribution in [-0.2, 0) is 9.53 Å². The van der Waals surface area contributed by atoms with E-state index in [1.807, 2.05) is 0 Å². The Labute approximate surface area is 69.4 Å². The van der Waals surface area contributed by atoms with Crippen molar-refractivity contribution >= 4 is 28.4 Å². The van der Waals surface area contributed by atoms with E-state index in [-0.39, 0.29) is 6.61 Å². The van der Waals surface area contributed by atoms with Crippen molar-refractivity contribution in [2.24, 2.45) is 0 Å². The number of hydrogen-bond donors (Lipinski definition) is 0. The number of carbonyl (C=O) groups is 1. The van der Waals surface area contributed by atoms with Crippen molar-refractivity contribution in [1.82, 2.24) is 0 Å². The summed E-state index contributed by atoms with van der Waals surface area (Å²) in [5.74, 6) is 0. The van der Waals surface area contributed by atoms with E-state index in [2.05, 4.69) is 0 Å². The van der Waals surface area contributed by atoms with Crippen LogP contribution < -0.4 is 0 Å². The molecule has 1 aliphatic rings. The first kappa shape index (κ1) is 8.31. The van der Waals surface area contributed by atoms with Crippen molar-refractivity contribution in [1.29, 1.82) is 0 Å². The number of carbonyl (C=O) groups excluding carboxylic acids is 1. The van der Waals surface area contributed by atoms with Crippen LogP contribution in [0.1, 0.15) is 12.8 Å². The lowest BCUT2D eigenvalue weighted by molar-refractivity contribution is -0.117. The second-order valence-electron chi connectivity index (χ2n) is 2.40. The molecule has 0 bridgehead atoms. The summed E-state index contributed by atoms with van der Waals surface area (Å²) in [5.41, 5.74) is 0. The molecule has 58 valence electrons. The van der Waals surface area contributed by atoms with Gasteiger partial charge in [0.1, 0.15) is 4.87 Å². The second kappa shape index (κ2) is 3.07. The normalized spacial score (nSPS) is 33.8. The van der Waals surface area contributed by atoms with Gasteiger partial charge in [0.2, 0.25) is 5.24 Å². The van der Waals surface area contributed by atoms with Gasteiger partial charge >= 0.3 is 0 Å². The lowest BCUT2D eigenvalue weighted by Crippen LogP contribution is -2.38. The first-order valence-corrected chi connectivity index (χ1v) is 3.87. The lowest BCUT2D eigenvalue weighted by atomic mass is 10.0. The summed E-state index contributed by atoms with van der Waals surface area (Å²) in [6, 6.07) is 0. The summed E-state index contributed by atoms with van der Waals surface area (Å²) in [5, 5.41) is -0.506. The number of ether oxygens (including phenoxy) is 1. The van der Waals surface area contributed by atoms with Crippen molar-refractivity contribution in [3.8, 4) is 0 Å². The molecule has 1 aliphatic heterocycles. The Morgan fingerprint density at radius 2 is 2.30 bits per heavy atom. The zero-order valence-corrected chi connectivity index (χ0v) is 6.91. The molecule has 0 aromatic heterocycles. The zero-order valence-electron chi connectivity index (χ0n) is 5.40. The highest BCUT2D eigenvalue weighted by Crippen LogP contribution is 2.28. The molecule has 0 amide bonds. The molecule has 0 N–H and O–H groups in total. The molecule has 1 rings (SSSR count). The number of alkyl halides is 1. The maximum Gasteiger partial charge on any atom is 0.245 e. The highest BCUT2D eigenvalue weighted by molar-refractivity contribution is 6.70. The van der Waals surface area contributed by atoms with Gasteiger partial charge in [-0.25, -0.2) is 0 Å². The number of halogens is 2. The second-order valence-corrected chi connectivity index (χ2v) is 3.46. The fourth-order valence-electron chi connectivity index (χ4n) is 0.916. The summed E-state index contributed by atoms with van der Waals surface area (Å²) in [6.45, 7) is 0.926. The fourth-order valence-corrected chi connectivity index (χ4v) is 1.28. The van der Waals surface area contributed by atoms with Crippen molar-refractivity contribution < 1.29 is 9.53 Å². The van der Waals surface area contributed by atoms with Crippen LogP contribution in [0.4, 0.5) is 0 Å². The first-order chi connectivity index (χ1) is 4.65. The number of rotatable bonds is 1. The van der Waals surface area contributed by atoms with E-state index in [1.54, 1.807) is 0 Å². The zero-order chi connectivity index (χ0) is 7.61. The molecular weight excluding hydrogens is 175 g/mol. The molecule has 4 heteroatoms. The maximum atomic E-state index is 10.7. The van der Waals surface area contributed by atoms with E-state index in [0.717, 1.165) is 6.42 Å². The maximum absolute atomic E-state index is 10.7. The van der Waals surface area contributed by atoms with Crippen molar-refractivity contribution in [2.75, 3.05) is 13.2 Å². The van der Waals surface area contributed by atoms with E-state index in [1.165, 1.54) is 0 Å². The van der Waals surface area contributed by atoms with E-state index in [9.17, 15) is 4.79 Å². The van der Waals surface area contributed by atoms with Gasteiger partial charge in [-0.2, -0.15) is 0 Å². The minimum atomic E-state index is -0.945. The molecule has 0 radical (unpaired) electrons. The van der Waals surface area contributed by atoms with Crippen LogP contribution >= 0.6 is 23.2 Å². The molecule has 0 aromatic carbocycles. The monoisotopic (exact) mass is 182 g/mol. The van der Waals surface area contributed by atoms with Gasteiger partial charge in [0.25, 0.3) is 0 Å². The number of hydrogen-bond acceptors (Lipinski definition) is 2. The average Bonchev–Trinajstić information content (AvgIpc) is 1.89. The first-order valence-electron chi connectivity index (χ1n) is 3.12. The molecule has 1 fully saturated rings. The molecule has 0 aliphatic carbocycles.